The topological polar surface area (TPSA) is 42.1 Å². The zero-order chi connectivity index (χ0) is 14.9. The van der Waals surface area contributed by atoms with Gasteiger partial charge in [0, 0.05) is 23.7 Å². The fourth-order valence-corrected chi connectivity index (χ4v) is 4.21. The van der Waals surface area contributed by atoms with Crippen molar-refractivity contribution in [2.45, 2.75) is 25.4 Å². The van der Waals surface area contributed by atoms with E-state index in [1.165, 1.54) is 34.1 Å². The molecule has 0 spiro atoms. The summed E-state index contributed by atoms with van der Waals surface area (Å²) in [5, 5.41) is 3.37. The van der Waals surface area contributed by atoms with E-state index in [1.807, 2.05) is 6.20 Å². The smallest absolute Gasteiger partial charge is 0.180 e. The van der Waals surface area contributed by atoms with Gasteiger partial charge in [0.2, 0.25) is 0 Å². The van der Waals surface area contributed by atoms with Crippen LogP contribution in [0.15, 0.2) is 48.7 Å². The molecule has 0 amide bonds. The molecule has 1 aromatic heterocycles. The fraction of sp³-hybridized carbons (Fsp3) is 0.278. The molecule has 0 saturated carbocycles. The van der Waals surface area contributed by atoms with Crippen molar-refractivity contribution < 1.29 is 0 Å². The van der Waals surface area contributed by atoms with Crippen LogP contribution in [0, 0.1) is 0 Å². The Labute approximate surface area is 146 Å². The molecule has 4 rings (SSSR count). The van der Waals surface area contributed by atoms with Crippen molar-refractivity contribution >= 4 is 39.6 Å². The van der Waals surface area contributed by atoms with Crippen molar-refractivity contribution in [1.29, 1.82) is 0 Å². The van der Waals surface area contributed by atoms with E-state index in [0.29, 0.717) is 11.2 Å². The number of hydrogen-bond donors (Lipinski definition) is 1. The summed E-state index contributed by atoms with van der Waals surface area (Å²) in [4.78, 5) is 7.99. The van der Waals surface area contributed by atoms with Gasteiger partial charge in [-0.05, 0) is 35.7 Å². The summed E-state index contributed by atoms with van der Waals surface area (Å²) >= 11 is 1.60. The first kappa shape index (κ1) is 16.2. The Hall–Kier alpha value is -1.62. The molecule has 120 valence electrons. The van der Waals surface area contributed by atoms with Crippen molar-refractivity contribution in [3.05, 3.63) is 59.1 Å². The fourth-order valence-electron chi connectivity index (χ4n) is 3.50. The van der Waals surface area contributed by atoms with E-state index < -0.39 is 0 Å². The summed E-state index contributed by atoms with van der Waals surface area (Å²) in [6.45, 7) is 2.09. The highest BCUT2D eigenvalue weighted by atomic mass is 35.5. The number of rotatable bonds is 3. The summed E-state index contributed by atoms with van der Waals surface area (Å²) in [6, 6.07) is 15.8. The number of nitrogen functional groups attached to an aromatic ring is 1. The van der Waals surface area contributed by atoms with E-state index in [9.17, 15) is 0 Å². The van der Waals surface area contributed by atoms with Crippen LogP contribution in [-0.4, -0.2) is 16.4 Å². The lowest BCUT2D eigenvalue weighted by Crippen LogP contribution is -2.22. The maximum absolute atomic E-state index is 5.76. The molecule has 0 bridgehead atoms. The highest BCUT2D eigenvalue weighted by Gasteiger charge is 2.27. The Morgan fingerprint density at radius 1 is 1.17 bits per heavy atom. The first-order valence-electron chi connectivity index (χ1n) is 7.73. The van der Waals surface area contributed by atoms with Gasteiger partial charge in [-0.25, -0.2) is 4.98 Å². The molecule has 1 saturated heterocycles. The number of likely N-dealkylation sites (tertiary alicyclic amines) is 1. The summed E-state index contributed by atoms with van der Waals surface area (Å²) in [6.07, 6.45) is 4.39. The minimum absolute atomic E-state index is 0. The second kappa shape index (κ2) is 6.87. The van der Waals surface area contributed by atoms with Gasteiger partial charge in [-0.15, -0.1) is 23.7 Å². The van der Waals surface area contributed by atoms with Crippen molar-refractivity contribution in [3.63, 3.8) is 0 Å². The van der Waals surface area contributed by atoms with Gasteiger partial charge in [0.1, 0.15) is 0 Å². The number of benzene rings is 2. The molecule has 1 aliphatic rings. The van der Waals surface area contributed by atoms with Crippen molar-refractivity contribution in [2.75, 3.05) is 12.3 Å². The zero-order valence-electron chi connectivity index (χ0n) is 12.8. The molecule has 0 aliphatic carbocycles. The largest absolute Gasteiger partial charge is 0.375 e. The van der Waals surface area contributed by atoms with Crippen molar-refractivity contribution in [3.8, 4) is 0 Å². The van der Waals surface area contributed by atoms with Crippen LogP contribution in [0.1, 0.15) is 29.3 Å². The van der Waals surface area contributed by atoms with Crippen LogP contribution >= 0.6 is 23.7 Å². The second-order valence-electron chi connectivity index (χ2n) is 5.86. The minimum atomic E-state index is 0. The molecule has 1 aliphatic heterocycles. The summed E-state index contributed by atoms with van der Waals surface area (Å²) in [7, 11) is 0. The predicted molar refractivity (Wildman–Crippen MR) is 100 cm³/mol. The Morgan fingerprint density at radius 2 is 2.00 bits per heavy atom. The van der Waals surface area contributed by atoms with E-state index >= 15 is 0 Å². The van der Waals surface area contributed by atoms with Crippen LogP contribution in [0.3, 0.4) is 0 Å². The maximum Gasteiger partial charge on any atom is 0.180 e. The summed E-state index contributed by atoms with van der Waals surface area (Å²) < 4.78 is 0. The number of fused-ring (bicyclic) bond motifs is 1. The third-order valence-corrected chi connectivity index (χ3v) is 5.29. The molecular formula is C18H20ClN3S. The van der Waals surface area contributed by atoms with Crippen molar-refractivity contribution in [2.24, 2.45) is 0 Å². The normalized spacial score (nSPS) is 18.2. The standard InChI is InChI=1S/C18H19N3S.ClH/c19-18-20-11-14(22-18)12-21-10-4-9-17(21)16-8-3-6-13-5-1-2-7-15(13)16;/h1-3,5-8,11,17H,4,9-10,12H2,(H2,19,20);1H. The SMILES string of the molecule is Cl.Nc1ncc(CN2CCCC2c2cccc3ccccc23)s1. The molecule has 3 aromatic rings. The van der Waals surface area contributed by atoms with Gasteiger partial charge in [-0.2, -0.15) is 0 Å². The number of hydrogen-bond acceptors (Lipinski definition) is 4. The van der Waals surface area contributed by atoms with Gasteiger partial charge in [0.25, 0.3) is 0 Å². The molecule has 0 radical (unpaired) electrons. The number of halogens is 1. The number of nitrogens with zero attached hydrogens (tertiary/aromatic N) is 2. The number of anilines is 1. The molecule has 5 heteroatoms. The molecule has 23 heavy (non-hydrogen) atoms. The number of aromatic nitrogens is 1. The van der Waals surface area contributed by atoms with E-state index in [0.717, 1.165) is 13.1 Å². The van der Waals surface area contributed by atoms with E-state index in [4.69, 9.17) is 5.73 Å². The van der Waals surface area contributed by atoms with Gasteiger partial charge in [0.15, 0.2) is 5.13 Å². The van der Waals surface area contributed by atoms with Crippen LogP contribution in [0.4, 0.5) is 5.13 Å². The lowest BCUT2D eigenvalue weighted by Gasteiger charge is -2.25. The Bertz CT molecular complexity index is 796. The zero-order valence-corrected chi connectivity index (χ0v) is 14.4. The highest BCUT2D eigenvalue weighted by molar-refractivity contribution is 7.15. The van der Waals surface area contributed by atoms with Gasteiger partial charge in [-0.3, -0.25) is 4.90 Å². The van der Waals surface area contributed by atoms with Gasteiger partial charge >= 0.3 is 0 Å². The number of thiazole rings is 1. The van der Waals surface area contributed by atoms with E-state index in [1.54, 1.807) is 11.3 Å². The third-order valence-electron chi connectivity index (χ3n) is 4.48. The molecule has 2 heterocycles. The first-order chi connectivity index (χ1) is 10.8. The number of nitrogens with two attached hydrogens (primary N) is 1. The summed E-state index contributed by atoms with van der Waals surface area (Å²) in [5.74, 6) is 0. The monoisotopic (exact) mass is 345 g/mol. The second-order valence-corrected chi connectivity index (χ2v) is 7.01. The lowest BCUT2D eigenvalue weighted by molar-refractivity contribution is 0.252. The quantitative estimate of drug-likeness (QED) is 0.752. The first-order valence-corrected chi connectivity index (χ1v) is 8.55. The molecule has 2 aromatic carbocycles. The van der Waals surface area contributed by atoms with E-state index in [2.05, 4.69) is 52.3 Å². The Kier molecular flexibility index (Phi) is 4.85. The predicted octanol–water partition coefficient (Wildman–Crippen LogP) is 4.64. The van der Waals surface area contributed by atoms with Gasteiger partial charge < -0.3 is 5.73 Å². The minimum Gasteiger partial charge on any atom is -0.375 e. The van der Waals surface area contributed by atoms with Crippen LogP contribution in [-0.2, 0) is 6.54 Å². The molecule has 1 fully saturated rings. The average molecular weight is 346 g/mol. The van der Waals surface area contributed by atoms with E-state index in [-0.39, 0.29) is 12.4 Å². The van der Waals surface area contributed by atoms with Crippen LogP contribution in [0.2, 0.25) is 0 Å². The summed E-state index contributed by atoms with van der Waals surface area (Å²) in [5.41, 5.74) is 7.21. The lowest BCUT2D eigenvalue weighted by atomic mass is 9.97. The highest BCUT2D eigenvalue weighted by Crippen LogP contribution is 2.37. The van der Waals surface area contributed by atoms with Gasteiger partial charge in [0.05, 0.1) is 0 Å². The average Bonchev–Trinajstić information content (AvgIpc) is 3.16. The maximum atomic E-state index is 5.76. The molecule has 1 atom stereocenters. The molecule has 2 N–H and O–H groups in total. The molecule has 1 unspecified atom stereocenters. The van der Waals surface area contributed by atoms with Crippen LogP contribution < -0.4 is 5.73 Å². The van der Waals surface area contributed by atoms with Gasteiger partial charge in [-0.1, -0.05) is 42.5 Å². The van der Waals surface area contributed by atoms with Crippen LogP contribution in [0.5, 0.6) is 0 Å². The van der Waals surface area contributed by atoms with Crippen molar-refractivity contribution in [1.82, 2.24) is 9.88 Å². The Morgan fingerprint density at radius 3 is 2.83 bits per heavy atom. The Balaban J connectivity index is 0.00000156. The molecule has 3 nitrogen and oxygen atoms in total. The van der Waals surface area contributed by atoms with Crippen LogP contribution in [0.25, 0.3) is 10.8 Å². The third kappa shape index (κ3) is 3.20. The molecular weight excluding hydrogens is 326 g/mol.